The summed E-state index contributed by atoms with van der Waals surface area (Å²) >= 11 is 0. The summed E-state index contributed by atoms with van der Waals surface area (Å²) in [6.07, 6.45) is 3.26. The van der Waals surface area contributed by atoms with Gasteiger partial charge in [0.1, 0.15) is 0 Å². The number of carbonyl (C=O) groups is 2. The minimum atomic E-state index is -0.804. The second-order valence-electron chi connectivity index (χ2n) is 6.93. The maximum atomic E-state index is 12.7. The number of amides is 1. The van der Waals surface area contributed by atoms with E-state index in [1.54, 1.807) is 19.1 Å². The summed E-state index contributed by atoms with van der Waals surface area (Å²) in [5.41, 5.74) is 0.656. The number of hydrogen-bond acceptors (Lipinski definition) is 6. The molecular formula is C21H31NO6. The van der Waals surface area contributed by atoms with Crippen LogP contribution >= 0.6 is 0 Å². The summed E-state index contributed by atoms with van der Waals surface area (Å²) < 4.78 is 21.3. The molecule has 1 aromatic carbocycles. The third kappa shape index (κ3) is 5.09. The van der Waals surface area contributed by atoms with Crippen LogP contribution in [0.25, 0.3) is 0 Å². The first-order chi connectivity index (χ1) is 13.4. The molecule has 2 atom stereocenters. The molecule has 156 valence electrons. The molecule has 1 amide bonds. The monoisotopic (exact) mass is 393 g/mol. The highest BCUT2D eigenvalue weighted by atomic mass is 16.5. The van der Waals surface area contributed by atoms with Gasteiger partial charge in [0.2, 0.25) is 5.75 Å². The molecule has 0 N–H and O–H groups in total. The average Bonchev–Trinajstić information content (AvgIpc) is 2.71. The lowest BCUT2D eigenvalue weighted by Gasteiger charge is -2.36. The fraction of sp³-hybridized carbons (Fsp3) is 0.619. The first kappa shape index (κ1) is 21.9. The highest BCUT2D eigenvalue weighted by Crippen LogP contribution is 2.38. The van der Waals surface area contributed by atoms with Crippen molar-refractivity contribution in [2.24, 2.45) is 0 Å². The summed E-state index contributed by atoms with van der Waals surface area (Å²) in [6, 6.07) is 3.64. The van der Waals surface area contributed by atoms with Crippen LogP contribution in [0, 0.1) is 0 Å². The van der Waals surface area contributed by atoms with Crippen LogP contribution in [0.4, 0.5) is 0 Å². The molecule has 0 aromatic heterocycles. The van der Waals surface area contributed by atoms with Gasteiger partial charge in [-0.2, -0.15) is 0 Å². The molecule has 1 heterocycles. The summed E-state index contributed by atoms with van der Waals surface area (Å²) in [5.74, 6) is 0.798. The Bertz CT molecular complexity index is 664. The molecule has 0 aliphatic carbocycles. The van der Waals surface area contributed by atoms with E-state index in [1.165, 1.54) is 21.3 Å². The van der Waals surface area contributed by atoms with Crippen molar-refractivity contribution in [1.82, 2.24) is 4.90 Å². The summed E-state index contributed by atoms with van der Waals surface area (Å²) in [5, 5.41) is 0. The molecule has 2 unspecified atom stereocenters. The van der Waals surface area contributed by atoms with E-state index in [1.807, 2.05) is 4.90 Å². The molecule has 0 spiro atoms. The summed E-state index contributed by atoms with van der Waals surface area (Å²) in [6.45, 7) is 4.44. The van der Waals surface area contributed by atoms with E-state index in [0.29, 0.717) is 22.8 Å². The molecule has 28 heavy (non-hydrogen) atoms. The highest BCUT2D eigenvalue weighted by Gasteiger charge is 2.30. The maximum absolute atomic E-state index is 12.7. The quantitative estimate of drug-likeness (QED) is 0.632. The lowest BCUT2D eigenvalue weighted by atomic mass is 9.99. The van der Waals surface area contributed by atoms with Crippen LogP contribution in [0.2, 0.25) is 0 Å². The van der Waals surface area contributed by atoms with Crippen molar-refractivity contribution in [3.63, 3.8) is 0 Å². The molecular weight excluding hydrogens is 362 g/mol. The van der Waals surface area contributed by atoms with Crippen molar-refractivity contribution in [2.75, 3.05) is 27.9 Å². The Morgan fingerprint density at radius 2 is 1.75 bits per heavy atom. The van der Waals surface area contributed by atoms with Crippen LogP contribution in [0.1, 0.15) is 45.1 Å². The molecule has 0 radical (unpaired) electrons. The molecule has 0 bridgehead atoms. The Balaban J connectivity index is 2.04. The highest BCUT2D eigenvalue weighted by molar-refractivity contribution is 5.84. The van der Waals surface area contributed by atoms with Gasteiger partial charge in [0.05, 0.1) is 27.8 Å². The van der Waals surface area contributed by atoms with Gasteiger partial charge < -0.3 is 23.8 Å². The predicted molar refractivity (Wildman–Crippen MR) is 105 cm³/mol. The molecule has 1 saturated heterocycles. The largest absolute Gasteiger partial charge is 0.493 e. The average molecular weight is 393 g/mol. The van der Waals surface area contributed by atoms with Crippen molar-refractivity contribution >= 4 is 11.9 Å². The molecule has 1 aliphatic rings. The van der Waals surface area contributed by atoms with E-state index < -0.39 is 12.1 Å². The number of ether oxygens (including phenoxy) is 4. The number of piperidine rings is 1. The zero-order valence-electron chi connectivity index (χ0n) is 17.4. The number of likely N-dealkylation sites (tertiary alicyclic amines) is 1. The molecule has 7 nitrogen and oxygen atoms in total. The van der Waals surface area contributed by atoms with Crippen LogP contribution < -0.4 is 14.2 Å². The van der Waals surface area contributed by atoms with Gasteiger partial charge in [0.15, 0.2) is 17.6 Å². The molecule has 0 saturated carbocycles. The van der Waals surface area contributed by atoms with E-state index in [9.17, 15) is 9.59 Å². The van der Waals surface area contributed by atoms with Crippen molar-refractivity contribution in [3.8, 4) is 17.2 Å². The SMILES string of the molecule is CCC1CCCCN1C(=O)C(C)OC(=O)Cc1cc(OC)c(OC)c(OC)c1. The van der Waals surface area contributed by atoms with Gasteiger partial charge in [0, 0.05) is 12.6 Å². The number of esters is 1. The van der Waals surface area contributed by atoms with Gasteiger partial charge in [0.25, 0.3) is 5.91 Å². The van der Waals surface area contributed by atoms with E-state index in [-0.39, 0.29) is 18.4 Å². The van der Waals surface area contributed by atoms with Crippen LogP contribution in [0.15, 0.2) is 12.1 Å². The van der Waals surface area contributed by atoms with E-state index >= 15 is 0 Å². The third-order valence-corrected chi connectivity index (χ3v) is 5.11. The normalized spacial score (nSPS) is 17.6. The van der Waals surface area contributed by atoms with Crippen molar-refractivity contribution in [1.29, 1.82) is 0 Å². The maximum Gasteiger partial charge on any atom is 0.311 e. The number of carbonyl (C=O) groups excluding carboxylic acids is 2. The summed E-state index contributed by atoms with van der Waals surface area (Å²) in [4.78, 5) is 27.0. The number of nitrogens with zero attached hydrogens (tertiary/aromatic N) is 1. The van der Waals surface area contributed by atoms with Crippen LogP contribution in [-0.4, -0.2) is 56.8 Å². The van der Waals surface area contributed by atoms with Crippen molar-refractivity contribution in [3.05, 3.63) is 17.7 Å². The lowest BCUT2D eigenvalue weighted by molar-refractivity contribution is -0.160. The third-order valence-electron chi connectivity index (χ3n) is 5.11. The topological polar surface area (TPSA) is 74.3 Å². The zero-order chi connectivity index (χ0) is 20.7. The molecule has 1 fully saturated rings. The number of hydrogen-bond donors (Lipinski definition) is 0. The Hall–Kier alpha value is -2.44. The molecule has 1 aromatic rings. The van der Waals surface area contributed by atoms with Crippen LogP contribution in [0.5, 0.6) is 17.2 Å². The van der Waals surface area contributed by atoms with Crippen molar-refractivity contribution < 1.29 is 28.5 Å². The van der Waals surface area contributed by atoms with Gasteiger partial charge >= 0.3 is 5.97 Å². The Morgan fingerprint density at radius 1 is 1.11 bits per heavy atom. The molecule has 2 rings (SSSR count). The predicted octanol–water partition coefficient (Wildman–Crippen LogP) is 2.98. The second-order valence-corrected chi connectivity index (χ2v) is 6.93. The zero-order valence-corrected chi connectivity index (χ0v) is 17.4. The number of rotatable bonds is 8. The Labute approximate surface area is 166 Å². The smallest absolute Gasteiger partial charge is 0.311 e. The minimum absolute atomic E-state index is 0.00550. The van der Waals surface area contributed by atoms with E-state index in [4.69, 9.17) is 18.9 Å². The minimum Gasteiger partial charge on any atom is -0.493 e. The standard InChI is InChI=1S/C21H31NO6/c1-6-16-9-7-8-10-22(16)21(24)14(2)28-19(23)13-15-11-17(25-3)20(27-5)18(12-15)26-4/h11-12,14,16H,6-10,13H2,1-5H3. The fourth-order valence-corrected chi connectivity index (χ4v) is 3.64. The number of methoxy groups -OCH3 is 3. The molecule has 7 heteroatoms. The Morgan fingerprint density at radius 3 is 2.29 bits per heavy atom. The van der Waals surface area contributed by atoms with Gasteiger partial charge in [-0.05, 0) is 50.3 Å². The van der Waals surface area contributed by atoms with Gasteiger partial charge in [-0.1, -0.05) is 6.92 Å². The van der Waals surface area contributed by atoms with Crippen LogP contribution in [-0.2, 0) is 20.7 Å². The van der Waals surface area contributed by atoms with Gasteiger partial charge in [-0.15, -0.1) is 0 Å². The van der Waals surface area contributed by atoms with E-state index in [2.05, 4.69) is 6.92 Å². The van der Waals surface area contributed by atoms with Crippen LogP contribution in [0.3, 0.4) is 0 Å². The second kappa shape index (κ2) is 10.2. The van der Waals surface area contributed by atoms with E-state index in [0.717, 1.165) is 32.2 Å². The first-order valence-corrected chi connectivity index (χ1v) is 9.73. The first-order valence-electron chi connectivity index (χ1n) is 9.73. The Kier molecular flexibility index (Phi) is 7.96. The van der Waals surface area contributed by atoms with Gasteiger partial charge in [-0.3, -0.25) is 9.59 Å². The van der Waals surface area contributed by atoms with Crippen molar-refractivity contribution in [2.45, 2.75) is 58.1 Å². The molecule has 1 aliphatic heterocycles. The number of benzene rings is 1. The lowest BCUT2D eigenvalue weighted by Crippen LogP contribution is -2.48. The summed E-state index contributed by atoms with van der Waals surface area (Å²) in [7, 11) is 4.55. The fourth-order valence-electron chi connectivity index (χ4n) is 3.64. The van der Waals surface area contributed by atoms with Gasteiger partial charge in [-0.25, -0.2) is 0 Å².